The van der Waals surface area contributed by atoms with Crippen LogP contribution in [0.2, 0.25) is 0 Å². The third kappa shape index (κ3) is 7.27. The van der Waals surface area contributed by atoms with Crippen LogP contribution in [0.3, 0.4) is 0 Å². The van der Waals surface area contributed by atoms with Crippen LogP contribution < -0.4 is 10.1 Å². The minimum absolute atomic E-state index is 0.0673. The summed E-state index contributed by atoms with van der Waals surface area (Å²) < 4.78 is 42.9. The third-order valence-electron chi connectivity index (χ3n) is 3.45. The van der Waals surface area contributed by atoms with E-state index in [1.807, 2.05) is 0 Å². The molecule has 1 amide bonds. The Balaban J connectivity index is 2.11. The zero-order valence-corrected chi connectivity index (χ0v) is 14.9. The molecule has 0 aliphatic rings. The maximum atomic E-state index is 13.3. The molecule has 0 aliphatic carbocycles. The predicted molar refractivity (Wildman–Crippen MR) is 90.8 cm³/mol. The highest BCUT2D eigenvalue weighted by atomic mass is 32.2. The molecule has 0 radical (unpaired) electrons. The van der Waals surface area contributed by atoms with E-state index in [1.54, 1.807) is 19.1 Å². The Morgan fingerprint density at radius 2 is 2.00 bits per heavy atom. The molecule has 0 bridgehead atoms. The molecule has 0 saturated carbocycles. The van der Waals surface area contributed by atoms with E-state index in [9.17, 15) is 17.6 Å². The monoisotopic (exact) mass is 360 g/mol. The van der Waals surface area contributed by atoms with Crippen molar-refractivity contribution in [1.82, 2.24) is 9.62 Å². The number of amides is 1. The molecule has 6 nitrogen and oxygen atoms in total. The summed E-state index contributed by atoms with van der Waals surface area (Å²) in [5.41, 5.74) is 0. The first-order valence-corrected chi connectivity index (χ1v) is 9.55. The summed E-state index contributed by atoms with van der Waals surface area (Å²) in [6.45, 7) is 2.63. The van der Waals surface area contributed by atoms with Crippen LogP contribution in [0.25, 0.3) is 0 Å². The van der Waals surface area contributed by atoms with Gasteiger partial charge in [0.2, 0.25) is 15.9 Å². The van der Waals surface area contributed by atoms with Crippen LogP contribution >= 0.6 is 0 Å². The van der Waals surface area contributed by atoms with Gasteiger partial charge in [-0.1, -0.05) is 12.1 Å². The molecule has 0 heterocycles. The van der Waals surface area contributed by atoms with Crippen LogP contribution in [0.1, 0.15) is 26.2 Å². The number of hydrogen-bond donors (Lipinski definition) is 1. The lowest BCUT2D eigenvalue weighted by atomic mass is 10.3. The first kappa shape index (κ1) is 20.4. The van der Waals surface area contributed by atoms with Crippen molar-refractivity contribution in [1.29, 1.82) is 0 Å². The number of nitrogens with zero attached hydrogens (tertiary/aromatic N) is 1. The summed E-state index contributed by atoms with van der Waals surface area (Å²) in [5, 5.41) is 2.73. The van der Waals surface area contributed by atoms with E-state index in [4.69, 9.17) is 4.74 Å². The number of hydrogen-bond acceptors (Lipinski definition) is 4. The highest BCUT2D eigenvalue weighted by molar-refractivity contribution is 7.89. The summed E-state index contributed by atoms with van der Waals surface area (Å²) in [6, 6.07) is 6.12. The summed E-state index contributed by atoms with van der Waals surface area (Å²) in [5.74, 6) is -0.308. The van der Waals surface area contributed by atoms with Crippen molar-refractivity contribution in [2.24, 2.45) is 0 Å². The summed E-state index contributed by atoms with van der Waals surface area (Å²) in [6.07, 6.45) is 1.30. The Labute approximate surface area is 143 Å². The van der Waals surface area contributed by atoms with Crippen molar-refractivity contribution in [2.45, 2.75) is 26.2 Å². The fourth-order valence-corrected chi connectivity index (χ4v) is 2.80. The Kier molecular flexibility index (Phi) is 8.70. The Morgan fingerprint density at radius 1 is 1.29 bits per heavy atom. The molecule has 1 aromatic carbocycles. The van der Waals surface area contributed by atoms with Crippen molar-refractivity contribution < 1.29 is 22.3 Å². The zero-order chi connectivity index (χ0) is 18.0. The van der Waals surface area contributed by atoms with E-state index in [0.717, 1.165) is 0 Å². The number of halogens is 1. The van der Waals surface area contributed by atoms with Gasteiger partial charge in [0.25, 0.3) is 0 Å². The quantitative estimate of drug-likeness (QED) is 0.610. The van der Waals surface area contributed by atoms with Crippen molar-refractivity contribution in [3.8, 4) is 5.75 Å². The molecule has 0 aliphatic heterocycles. The van der Waals surface area contributed by atoms with E-state index in [-0.39, 0.29) is 30.4 Å². The lowest BCUT2D eigenvalue weighted by molar-refractivity contribution is -0.121. The van der Waals surface area contributed by atoms with Gasteiger partial charge in [0.1, 0.15) is 0 Å². The molecule has 0 saturated heterocycles. The largest absolute Gasteiger partial charge is 0.491 e. The van der Waals surface area contributed by atoms with Gasteiger partial charge in [-0.25, -0.2) is 17.1 Å². The number of sulfonamides is 1. The second kappa shape index (κ2) is 10.2. The summed E-state index contributed by atoms with van der Waals surface area (Å²) in [4.78, 5) is 11.6. The van der Waals surface area contributed by atoms with Gasteiger partial charge in [0.05, 0.1) is 12.4 Å². The average Bonchev–Trinajstić information content (AvgIpc) is 2.56. The van der Waals surface area contributed by atoms with Crippen LogP contribution in [-0.2, 0) is 14.8 Å². The maximum absolute atomic E-state index is 13.3. The number of nitrogens with one attached hydrogen (secondary N) is 1. The fourth-order valence-electron chi connectivity index (χ4n) is 1.95. The van der Waals surface area contributed by atoms with E-state index in [0.29, 0.717) is 25.9 Å². The molecule has 1 aromatic rings. The first-order valence-electron chi connectivity index (χ1n) is 7.95. The molecule has 1 N–H and O–H groups in total. The molecule has 0 spiro atoms. The topological polar surface area (TPSA) is 75.7 Å². The van der Waals surface area contributed by atoms with Gasteiger partial charge < -0.3 is 10.1 Å². The zero-order valence-electron chi connectivity index (χ0n) is 14.1. The smallest absolute Gasteiger partial charge is 0.220 e. The van der Waals surface area contributed by atoms with Crippen molar-refractivity contribution in [3.05, 3.63) is 30.1 Å². The van der Waals surface area contributed by atoms with Crippen LogP contribution in [0.15, 0.2) is 24.3 Å². The molecule has 0 aromatic heterocycles. The van der Waals surface area contributed by atoms with E-state index < -0.39 is 15.8 Å². The number of ether oxygens (including phenoxy) is 1. The molecular formula is C16H25FN2O4S. The number of carbonyl (C=O) groups is 1. The molecule has 136 valence electrons. The van der Waals surface area contributed by atoms with Crippen molar-refractivity contribution in [2.75, 3.05) is 32.5 Å². The molecular weight excluding hydrogens is 335 g/mol. The average molecular weight is 360 g/mol. The predicted octanol–water partition coefficient (Wildman–Crippen LogP) is 1.77. The lowest BCUT2D eigenvalue weighted by Gasteiger charge is -2.15. The number of benzene rings is 1. The third-order valence-corrected chi connectivity index (χ3v) is 5.32. The van der Waals surface area contributed by atoms with Crippen LogP contribution in [0.5, 0.6) is 5.75 Å². The van der Waals surface area contributed by atoms with E-state index in [1.165, 1.54) is 23.5 Å². The second-order valence-corrected chi connectivity index (χ2v) is 7.67. The van der Waals surface area contributed by atoms with E-state index in [2.05, 4.69) is 5.32 Å². The summed E-state index contributed by atoms with van der Waals surface area (Å²) >= 11 is 0. The normalized spacial score (nSPS) is 11.5. The van der Waals surface area contributed by atoms with Gasteiger partial charge in [-0.2, -0.15) is 0 Å². The molecule has 1 rings (SSSR count). The Hall–Kier alpha value is -1.67. The van der Waals surface area contributed by atoms with E-state index >= 15 is 0 Å². The van der Waals surface area contributed by atoms with Gasteiger partial charge in [0, 0.05) is 26.6 Å². The fraction of sp³-hybridized carbons (Fsp3) is 0.562. The van der Waals surface area contributed by atoms with Crippen molar-refractivity contribution >= 4 is 15.9 Å². The second-order valence-electron chi connectivity index (χ2n) is 5.31. The molecule has 24 heavy (non-hydrogen) atoms. The number of rotatable bonds is 11. The van der Waals surface area contributed by atoms with Gasteiger partial charge in [-0.05, 0) is 31.9 Å². The maximum Gasteiger partial charge on any atom is 0.220 e. The minimum Gasteiger partial charge on any atom is -0.491 e. The van der Waals surface area contributed by atoms with Gasteiger partial charge in [-0.3, -0.25) is 4.79 Å². The van der Waals surface area contributed by atoms with Gasteiger partial charge >= 0.3 is 0 Å². The Morgan fingerprint density at radius 3 is 2.67 bits per heavy atom. The van der Waals surface area contributed by atoms with Crippen LogP contribution in [-0.4, -0.2) is 51.1 Å². The lowest BCUT2D eigenvalue weighted by Crippen LogP contribution is -2.32. The summed E-state index contributed by atoms with van der Waals surface area (Å²) in [7, 11) is -1.64. The minimum atomic E-state index is -3.17. The van der Waals surface area contributed by atoms with Gasteiger partial charge in [0.15, 0.2) is 11.6 Å². The number of carbonyl (C=O) groups excluding carboxylic acids is 1. The number of para-hydroxylation sites is 1. The van der Waals surface area contributed by atoms with Crippen LogP contribution in [0, 0.1) is 5.82 Å². The highest BCUT2D eigenvalue weighted by Gasteiger charge is 2.14. The molecule has 0 fully saturated rings. The standard InChI is InChI=1S/C16H25FN2O4S/c1-3-24(21,22)19(2)12-7-11-18-16(20)10-6-13-23-15-9-5-4-8-14(15)17/h4-5,8-9H,3,6-7,10-13H2,1-2H3,(H,18,20). The van der Waals surface area contributed by atoms with Gasteiger partial charge in [-0.15, -0.1) is 0 Å². The molecule has 8 heteroatoms. The van der Waals surface area contributed by atoms with Crippen molar-refractivity contribution in [3.63, 3.8) is 0 Å². The molecule has 0 atom stereocenters. The molecule has 0 unspecified atom stereocenters. The SMILES string of the molecule is CCS(=O)(=O)N(C)CCCNC(=O)CCCOc1ccccc1F. The first-order chi connectivity index (χ1) is 11.4. The van der Waals surface area contributed by atoms with Crippen LogP contribution in [0.4, 0.5) is 4.39 Å². The highest BCUT2D eigenvalue weighted by Crippen LogP contribution is 2.15. The Bertz CT molecular complexity index is 622.